The second-order valence-corrected chi connectivity index (χ2v) is 29.0. The number of hydrogen-bond donors (Lipinski definition) is 17. The molecule has 88 heavy (non-hydrogen) atoms. The molecule has 5 saturated heterocycles. The molecule has 34 atom stereocenters. The van der Waals surface area contributed by atoms with Crippen molar-refractivity contribution in [3.63, 3.8) is 0 Å². The fourth-order valence-electron chi connectivity index (χ4n) is 17.2. The molecule has 3 saturated carbocycles. The maximum atomic E-state index is 11.9. The lowest BCUT2D eigenvalue weighted by molar-refractivity contribution is -0.378. The highest BCUT2D eigenvalue weighted by atomic mass is 16.8. The quantitative estimate of drug-likeness (QED) is 0.0537. The van der Waals surface area contributed by atoms with Crippen LogP contribution in [0, 0.1) is 51.2 Å². The van der Waals surface area contributed by atoms with E-state index in [1.54, 1.807) is 20.8 Å². The summed E-state index contributed by atoms with van der Waals surface area (Å²) < 4.78 is 60.0. The molecule has 0 bridgehead atoms. The largest absolute Gasteiger partial charge is 0.394 e. The van der Waals surface area contributed by atoms with E-state index < -0.39 is 210 Å². The van der Waals surface area contributed by atoms with Gasteiger partial charge in [0.2, 0.25) is 0 Å². The first-order chi connectivity index (χ1) is 41.2. The number of rotatable bonds is 20. The summed E-state index contributed by atoms with van der Waals surface area (Å²) in [5, 5.41) is 183. The van der Waals surface area contributed by atoms with Gasteiger partial charge in [0.25, 0.3) is 0 Å². The van der Waals surface area contributed by atoms with E-state index in [4.69, 9.17) is 47.4 Å². The topological polar surface area (TPSA) is 436 Å². The van der Waals surface area contributed by atoms with Crippen molar-refractivity contribution in [1.29, 1.82) is 0 Å². The molecule has 5 heterocycles. The lowest BCUT2D eigenvalue weighted by Gasteiger charge is -2.66. The van der Waals surface area contributed by atoms with Crippen LogP contribution in [0.25, 0.3) is 0 Å². The van der Waals surface area contributed by atoms with Gasteiger partial charge in [-0.25, -0.2) is 0 Å². The molecular weight excluding hydrogens is 1160 g/mol. The summed E-state index contributed by atoms with van der Waals surface area (Å²) in [6.07, 6.45) is -29.9. The maximum Gasteiger partial charge on any atom is 0.187 e. The minimum absolute atomic E-state index is 0.0787. The molecule has 0 aromatic rings. The first-order valence-electron chi connectivity index (χ1n) is 31.8. The van der Waals surface area contributed by atoms with Gasteiger partial charge in [0.15, 0.2) is 31.5 Å². The second kappa shape index (κ2) is 27.4. The Labute approximate surface area is 514 Å². The zero-order chi connectivity index (χ0) is 64.7. The van der Waals surface area contributed by atoms with Crippen LogP contribution in [0.1, 0.15) is 120 Å². The third-order valence-corrected chi connectivity index (χ3v) is 23.2. The van der Waals surface area contributed by atoms with Gasteiger partial charge in [0.1, 0.15) is 104 Å². The Morgan fingerprint density at radius 1 is 0.523 bits per heavy atom. The van der Waals surface area contributed by atoms with Crippen LogP contribution in [0.3, 0.4) is 0 Å². The van der Waals surface area contributed by atoms with E-state index in [2.05, 4.69) is 47.6 Å². The number of aliphatic hydroxyl groups is 17. The van der Waals surface area contributed by atoms with Crippen LogP contribution < -0.4 is 0 Å². The van der Waals surface area contributed by atoms with Gasteiger partial charge >= 0.3 is 0 Å². The van der Waals surface area contributed by atoms with Gasteiger partial charge < -0.3 is 134 Å². The molecule has 8 fully saturated rings. The third kappa shape index (κ3) is 13.0. The van der Waals surface area contributed by atoms with Crippen LogP contribution in [0.4, 0.5) is 0 Å². The van der Waals surface area contributed by atoms with E-state index in [0.29, 0.717) is 18.8 Å². The molecule has 0 amide bonds. The molecule has 27 heteroatoms. The highest BCUT2D eigenvalue weighted by molar-refractivity contribution is 5.30. The number of allylic oxidation sites excluding steroid dienone is 1. The van der Waals surface area contributed by atoms with Crippen molar-refractivity contribution in [2.45, 2.75) is 285 Å². The van der Waals surface area contributed by atoms with Crippen molar-refractivity contribution in [3.8, 4) is 0 Å². The molecule has 9 aliphatic rings. The van der Waals surface area contributed by atoms with Gasteiger partial charge in [-0.1, -0.05) is 60.1 Å². The van der Waals surface area contributed by atoms with Gasteiger partial charge in [-0.2, -0.15) is 0 Å². The first kappa shape index (κ1) is 71.0. The normalized spacial score (nSPS) is 51.4. The Balaban J connectivity index is 0.871. The van der Waals surface area contributed by atoms with Gasteiger partial charge in [-0.05, 0) is 112 Å². The molecule has 0 aromatic heterocycles. The van der Waals surface area contributed by atoms with Crippen molar-refractivity contribution in [2.24, 2.45) is 51.2 Å². The predicted molar refractivity (Wildman–Crippen MR) is 302 cm³/mol. The molecule has 0 radical (unpaired) electrons. The smallest absolute Gasteiger partial charge is 0.187 e. The third-order valence-electron chi connectivity index (χ3n) is 23.2. The number of aliphatic hydroxyl groups excluding tert-OH is 16. The van der Waals surface area contributed by atoms with Gasteiger partial charge in [-0.15, -0.1) is 0 Å². The monoisotopic (exact) mass is 1270 g/mol. The lowest BCUT2D eigenvalue weighted by Crippen LogP contribution is -2.65. The Morgan fingerprint density at radius 2 is 1.00 bits per heavy atom. The fraction of sp³-hybridized carbons (Fsp3) is 0.967. The van der Waals surface area contributed by atoms with Gasteiger partial charge in [0.05, 0.1) is 63.1 Å². The molecule has 5 aliphatic heterocycles. The highest BCUT2D eigenvalue weighted by Crippen LogP contribution is 2.75. The summed E-state index contributed by atoms with van der Waals surface area (Å²) in [6, 6.07) is 0. The summed E-state index contributed by atoms with van der Waals surface area (Å²) in [4.78, 5) is 0. The van der Waals surface area contributed by atoms with Crippen molar-refractivity contribution in [2.75, 3.05) is 33.0 Å². The van der Waals surface area contributed by atoms with Gasteiger partial charge in [0, 0.05) is 11.3 Å². The lowest BCUT2D eigenvalue weighted by atomic mass is 9.39. The Hall–Kier alpha value is -1.34. The van der Waals surface area contributed by atoms with Crippen LogP contribution in [0.15, 0.2) is 11.6 Å². The van der Waals surface area contributed by atoms with Crippen LogP contribution in [0.5, 0.6) is 0 Å². The van der Waals surface area contributed by atoms with Crippen LogP contribution >= 0.6 is 0 Å². The molecule has 0 aromatic carbocycles. The SMILES string of the molecule is C[C@H]1[C@H](O)[C@@H](O)[C@H](O[C@H]2[C@H](O[C@H](CC[C@@H](C)C3CC[C@@]4(C)C5CC=C6C(CC[C@H](O[C@@H]7O[C@H](CO[C@@H]8O[C@H](CO)[C@@H](O)[C@H](O)[C@H]8O)[C@@H](O)[C@H](O)[C@H]7O)C6(C)C)[C@]5(C)CC[C@]34C)C(C)(C)O)O[C@H](CO[C@@H]3O[C@H](CO)[C@@H](O)[C@H](O)[C@H]3O)[C@@H](O)[C@@H]2O)O[C@@H]1CO. The van der Waals surface area contributed by atoms with E-state index in [9.17, 15) is 86.8 Å². The van der Waals surface area contributed by atoms with Crippen LogP contribution in [-0.4, -0.2) is 285 Å². The Morgan fingerprint density at radius 3 is 1.55 bits per heavy atom. The Kier molecular flexibility index (Phi) is 22.1. The van der Waals surface area contributed by atoms with Gasteiger partial charge in [-0.3, -0.25) is 0 Å². The standard InChI is InChI=1S/C61H104O27/c1-25(10-14-37(58(5,6)78)87-56-51(88-55-47(74)38(65)26(2)30(20-62)81-55)46(73)42(69)34(85-56)24-80-53-49(76)44(71)40(67)32(22-64)83-53)27-16-17-61(9)35-13-11-28-29(59(35,7)18-19-60(27,61)8)12-15-36(57(28,3)4)86-54-50(77)45(72)41(68)33(84-54)23-79-52-48(75)43(70)39(66)31(21-63)82-52/h11,25-27,29-56,62-78H,10,12-24H2,1-9H3/t25-,26-,27?,29?,30-,31-,32-,33-,34-,35?,36+,37-,38+,39-,40-,41-,42-,43+,44+,45+,46+,47-,48-,49-,50-,51-,52-,53-,54+,55+,56+,59+,60-,61+/m1/s1. The fourth-order valence-corrected chi connectivity index (χ4v) is 17.2. The van der Waals surface area contributed by atoms with E-state index in [-0.39, 0.29) is 40.4 Å². The second-order valence-electron chi connectivity index (χ2n) is 29.0. The summed E-state index contributed by atoms with van der Waals surface area (Å²) >= 11 is 0. The molecule has 3 unspecified atom stereocenters. The minimum atomic E-state index is -1.87. The van der Waals surface area contributed by atoms with Crippen LogP contribution in [0.2, 0.25) is 0 Å². The molecule has 4 aliphatic carbocycles. The molecule has 27 nitrogen and oxygen atoms in total. The van der Waals surface area contributed by atoms with Crippen molar-refractivity contribution < 1.29 is 134 Å². The summed E-state index contributed by atoms with van der Waals surface area (Å²) in [6.45, 7) is 15.5. The number of hydrogen-bond acceptors (Lipinski definition) is 27. The van der Waals surface area contributed by atoms with Crippen LogP contribution in [-0.2, 0) is 47.4 Å². The van der Waals surface area contributed by atoms with Crippen molar-refractivity contribution in [3.05, 3.63) is 11.6 Å². The van der Waals surface area contributed by atoms with E-state index in [1.165, 1.54) is 5.57 Å². The van der Waals surface area contributed by atoms with E-state index in [1.807, 2.05) is 0 Å². The molecular formula is C61H104O27. The highest BCUT2D eigenvalue weighted by Gasteiger charge is 2.68. The predicted octanol–water partition coefficient (Wildman–Crippen LogP) is -3.10. The summed E-state index contributed by atoms with van der Waals surface area (Å²) in [5.74, 6) is 0.177. The Bertz CT molecular complexity index is 2310. The zero-order valence-corrected chi connectivity index (χ0v) is 52.1. The summed E-state index contributed by atoms with van der Waals surface area (Å²) in [7, 11) is 0. The number of ether oxygens (including phenoxy) is 10. The minimum Gasteiger partial charge on any atom is -0.394 e. The maximum absolute atomic E-state index is 11.9. The average Bonchev–Trinajstić information content (AvgIpc) is 1.16. The zero-order valence-electron chi connectivity index (χ0n) is 52.1. The van der Waals surface area contributed by atoms with E-state index >= 15 is 0 Å². The molecule has 0 spiro atoms. The molecule has 9 rings (SSSR count). The summed E-state index contributed by atoms with van der Waals surface area (Å²) in [5.41, 5.74) is -1.11. The van der Waals surface area contributed by atoms with Crippen molar-refractivity contribution >= 4 is 0 Å². The number of fused-ring (bicyclic) bond motifs is 5. The van der Waals surface area contributed by atoms with Crippen molar-refractivity contribution in [1.82, 2.24) is 0 Å². The van der Waals surface area contributed by atoms with E-state index in [0.717, 1.165) is 38.5 Å². The average molecular weight is 1270 g/mol. The first-order valence-corrected chi connectivity index (χ1v) is 31.8. The molecule has 510 valence electrons. The molecule has 17 N–H and O–H groups in total.